The first-order chi connectivity index (χ1) is 12.0. The van der Waals surface area contributed by atoms with Crippen LogP contribution in [0.15, 0.2) is 36.5 Å². The van der Waals surface area contributed by atoms with Crippen LogP contribution in [0.3, 0.4) is 0 Å². The van der Waals surface area contributed by atoms with Gasteiger partial charge in [0, 0.05) is 31.9 Å². The number of pyridine rings is 1. The Labute approximate surface area is 145 Å². The van der Waals surface area contributed by atoms with E-state index in [1.807, 2.05) is 18.2 Å². The van der Waals surface area contributed by atoms with E-state index in [0.29, 0.717) is 23.7 Å². The average Bonchev–Trinajstić information content (AvgIpc) is 2.60. The summed E-state index contributed by atoms with van der Waals surface area (Å²) in [6.07, 6.45) is 2.39. The summed E-state index contributed by atoms with van der Waals surface area (Å²) < 4.78 is 5.73. The molecule has 3 rings (SSSR count). The number of fused-ring (bicyclic) bond motifs is 1. The summed E-state index contributed by atoms with van der Waals surface area (Å²) in [6, 6.07) is 9.02. The Kier molecular flexibility index (Phi) is 4.95. The predicted octanol–water partition coefficient (Wildman–Crippen LogP) is 1.81. The minimum Gasteiger partial charge on any atom is -0.481 e. The van der Waals surface area contributed by atoms with Crippen molar-refractivity contribution in [2.45, 2.75) is 19.4 Å². The summed E-state index contributed by atoms with van der Waals surface area (Å²) in [5.41, 5.74) is 7.89. The van der Waals surface area contributed by atoms with Crippen LogP contribution in [-0.2, 0) is 17.8 Å². The maximum atomic E-state index is 11.0. The topological polar surface area (TPSA) is 106 Å². The Hall–Kier alpha value is -2.93. The summed E-state index contributed by atoms with van der Waals surface area (Å²) >= 11 is 0. The molecule has 0 saturated carbocycles. The van der Waals surface area contributed by atoms with Crippen molar-refractivity contribution in [1.82, 2.24) is 9.88 Å². The van der Waals surface area contributed by atoms with Crippen molar-refractivity contribution in [2.75, 3.05) is 13.1 Å². The molecule has 0 saturated heterocycles. The minimum atomic E-state index is -0.774. The molecule has 0 radical (unpaired) electrons. The van der Waals surface area contributed by atoms with Gasteiger partial charge < -0.3 is 15.6 Å². The van der Waals surface area contributed by atoms with E-state index in [1.54, 1.807) is 12.1 Å². The number of carbonyl (C=O) groups is 2. The highest BCUT2D eigenvalue weighted by molar-refractivity contribution is 5.92. The van der Waals surface area contributed by atoms with Gasteiger partial charge in [0.15, 0.2) is 0 Å². The molecule has 2 heterocycles. The maximum Gasteiger partial charge on any atom is 0.304 e. The second-order valence-electron chi connectivity index (χ2n) is 5.95. The smallest absolute Gasteiger partial charge is 0.304 e. The molecule has 1 amide bonds. The first-order valence-corrected chi connectivity index (χ1v) is 8.01. The first kappa shape index (κ1) is 16.9. The summed E-state index contributed by atoms with van der Waals surface area (Å²) in [7, 11) is 0. The van der Waals surface area contributed by atoms with Crippen molar-refractivity contribution in [1.29, 1.82) is 0 Å². The normalized spacial score (nSPS) is 13.9. The second kappa shape index (κ2) is 7.31. The monoisotopic (exact) mass is 341 g/mol. The lowest BCUT2D eigenvalue weighted by atomic mass is 9.99. The summed E-state index contributed by atoms with van der Waals surface area (Å²) in [4.78, 5) is 27.9. The summed E-state index contributed by atoms with van der Waals surface area (Å²) in [5.74, 6) is -0.231. The molecule has 2 aromatic rings. The van der Waals surface area contributed by atoms with Crippen LogP contribution in [0.1, 0.15) is 27.9 Å². The molecule has 0 atom stereocenters. The van der Waals surface area contributed by atoms with E-state index >= 15 is 0 Å². The van der Waals surface area contributed by atoms with Crippen LogP contribution in [0.5, 0.6) is 11.6 Å². The van der Waals surface area contributed by atoms with Crippen LogP contribution >= 0.6 is 0 Å². The number of primary amides is 1. The Bertz CT molecular complexity index is 789. The third-order valence-electron chi connectivity index (χ3n) is 4.15. The van der Waals surface area contributed by atoms with Crippen LogP contribution in [-0.4, -0.2) is 40.0 Å². The SMILES string of the molecule is NC(=O)c1ccc(Oc2ccc3c(c2)CCN(CCC(=O)O)C3)nc1. The van der Waals surface area contributed by atoms with Gasteiger partial charge in [0.25, 0.3) is 0 Å². The fourth-order valence-corrected chi connectivity index (χ4v) is 2.80. The zero-order chi connectivity index (χ0) is 17.8. The van der Waals surface area contributed by atoms with Gasteiger partial charge in [0.05, 0.1) is 12.0 Å². The van der Waals surface area contributed by atoms with E-state index in [9.17, 15) is 9.59 Å². The number of amides is 1. The Morgan fingerprint density at radius 2 is 2.08 bits per heavy atom. The van der Waals surface area contributed by atoms with Crippen molar-refractivity contribution < 1.29 is 19.4 Å². The fourth-order valence-electron chi connectivity index (χ4n) is 2.80. The lowest BCUT2D eigenvalue weighted by molar-refractivity contribution is -0.137. The van der Waals surface area contributed by atoms with E-state index in [-0.39, 0.29) is 6.42 Å². The number of ether oxygens (including phenoxy) is 1. The highest BCUT2D eigenvalue weighted by atomic mass is 16.5. The molecule has 1 aliphatic heterocycles. The molecule has 0 unspecified atom stereocenters. The highest BCUT2D eigenvalue weighted by Crippen LogP contribution is 2.26. The van der Waals surface area contributed by atoms with Crippen LogP contribution in [0.25, 0.3) is 0 Å². The molecule has 0 spiro atoms. The van der Waals surface area contributed by atoms with Crippen molar-refractivity contribution in [3.63, 3.8) is 0 Å². The number of carboxylic acid groups (broad SMARTS) is 1. The second-order valence-corrected chi connectivity index (χ2v) is 5.95. The number of nitrogens with zero attached hydrogens (tertiary/aromatic N) is 2. The third kappa shape index (κ3) is 4.33. The molecule has 0 aliphatic carbocycles. The third-order valence-corrected chi connectivity index (χ3v) is 4.15. The van der Waals surface area contributed by atoms with Gasteiger partial charge in [0.1, 0.15) is 5.75 Å². The minimum absolute atomic E-state index is 0.156. The molecule has 25 heavy (non-hydrogen) atoms. The zero-order valence-corrected chi connectivity index (χ0v) is 13.6. The molecular formula is C18H19N3O4. The number of rotatable bonds is 6. The van der Waals surface area contributed by atoms with Crippen LogP contribution < -0.4 is 10.5 Å². The molecule has 1 aliphatic rings. The summed E-state index contributed by atoms with van der Waals surface area (Å²) in [5, 5.41) is 8.79. The van der Waals surface area contributed by atoms with Gasteiger partial charge in [-0.15, -0.1) is 0 Å². The molecule has 0 bridgehead atoms. The molecule has 7 heteroatoms. The van der Waals surface area contributed by atoms with E-state index in [1.165, 1.54) is 17.3 Å². The van der Waals surface area contributed by atoms with Gasteiger partial charge >= 0.3 is 5.97 Å². The van der Waals surface area contributed by atoms with Gasteiger partial charge in [0.2, 0.25) is 11.8 Å². The van der Waals surface area contributed by atoms with E-state index in [2.05, 4.69) is 9.88 Å². The molecule has 130 valence electrons. The Morgan fingerprint density at radius 3 is 2.76 bits per heavy atom. The molecule has 7 nitrogen and oxygen atoms in total. The highest BCUT2D eigenvalue weighted by Gasteiger charge is 2.17. The fraction of sp³-hybridized carbons (Fsp3) is 0.278. The number of hydrogen-bond acceptors (Lipinski definition) is 5. The summed E-state index contributed by atoms with van der Waals surface area (Å²) in [6.45, 7) is 2.13. The number of aromatic nitrogens is 1. The lowest BCUT2D eigenvalue weighted by Crippen LogP contribution is -2.32. The average molecular weight is 341 g/mol. The number of nitrogens with two attached hydrogens (primary N) is 1. The Balaban J connectivity index is 1.66. The predicted molar refractivity (Wildman–Crippen MR) is 90.5 cm³/mol. The molecule has 3 N–H and O–H groups in total. The Morgan fingerprint density at radius 1 is 1.24 bits per heavy atom. The van der Waals surface area contributed by atoms with Gasteiger partial charge in [-0.1, -0.05) is 6.07 Å². The number of carboxylic acids is 1. The van der Waals surface area contributed by atoms with Gasteiger partial charge in [-0.05, 0) is 35.7 Å². The molecule has 1 aromatic carbocycles. The zero-order valence-electron chi connectivity index (χ0n) is 13.6. The number of hydrogen-bond donors (Lipinski definition) is 2. The lowest BCUT2D eigenvalue weighted by Gasteiger charge is -2.28. The van der Waals surface area contributed by atoms with Crippen LogP contribution in [0.2, 0.25) is 0 Å². The van der Waals surface area contributed by atoms with E-state index in [4.69, 9.17) is 15.6 Å². The van der Waals surface area contributed by atoms with Gasteiger partial charge in [-0.3, -0.25) is 14.5 Å². The molecular weight excluding hydrogens is 322 g/mol. The van der Waals surface area contributed by atoms with Crippen molar-refractivity contribution in [3.8, 4) is 11.6 Å². The van der Waals surface area contributed by atoms with Gasteiger partial charge in [-0.25, -0.2) is 4.98 Å². The van der Waals surface area contributed by atoms with E-state index in [0.717, 1.165) is 19.5 Å². The molecule has 1 aromatic heterocycles. The van der Waals surface area contributed by atoms with Crippen molar-refractivity contribution in [3.05, 3.63) is 53.2 Å². The largest absolute Gasteiger partial charge is 0.481 e. The van der Waals surface area contributed by atoms with Crippen molar-refractivity contribution in [2.24, 2.45) is 5.73 Å². The van der Waals surface area contributed by atoms with Gasteiger partial charge in [-0.2, -0.15) is 0 Å². The standard InChI is InChI=1S/C18H19N3O4/c19-18(24)13-2-4-16(20-10-13)25-15-3-1-14-11-21(8-6-17(22)23)7-5-12(14)9-15/h1-4,9-10H,5-8,11H2,(H2,19,24)(H,22,23). The number of aliphatic carboxylic acids is 1. The van der Waals surface area contributed by atoms with E-state index < -0.39 is 11.9 Å². The maximum absolute atomic E-state index is 11.0. The number of carbonyl (C=O) groups excluding carboxylic acids is 1. The first-order valence-electron chi connectivity index (χ1n) is 8.01. The van der Waals surface area contributed by atoms with Crippen molar-refractivity contribution >= 4 is 11.9 Å². The number of benzene rings is 1. The van der Waals surface area contributed by atoms with Crippen LogP contribution in [0, 0.1) is 0 Å². The van der Waals surface area contributed by atoms with Crippen LogP contribution in [0.4, 0.5) is 0 Å². The quantitative estimate of drug-likeness (QED) is 0.830. The molecule has 0 fully saturated rings.